The third kappa shape index (κ3) is 3.55. The first-order valence-corrected chi connectivity index (χ1v) is 8.42. The lowest BCUT2D eigenvalue weighted by Gasteiger charge is -2.32. The van der Waals surface area contributed by atoms with Crippen molar-refractivity contribution < 1.29 is 4.79 Å². The molecule has 7 heteroatoms. The molecule has 1 N–H and O–H groups in total. The first kappa shape index (κ1) is 16.4. The lowest BCUT2D eigenvalue weighted by Crippen LogP contribution is -2.42. The number of hydrogen-bond donors (Lipinski definition) is 1. The van der Waals surface area contributed by atoms with Gasteiger partial charge in [-0.1, -0.05) is 0 Å². The van der Waals surface area contributed by atoms with Crippen molar-refractivity contribution in [3.05, 3.63) is 30.6 Å². The van der Waals surface area contributed by atoms with Gasteiger partial charge in [-0.2, -0.15) is 0 Å². The summed E-state index contributed by atoms with van der Waals surface area (Å²) in [6, 6.07) is 2.17. The molecule has 0 unspecified atom stereocenters. The number of piperidine rings is 1. The molecular weight excluding hydrogens is 304 g/mol. The van der Waals surface area contributed by atoms with Crippen LogP contribution in [0.15, 0.2) is 24.8 Å². The normalized spacial score (nSPS) is 15.8. The number of anilines is 1. The van der Waals surface area contributed by atoms with Gasteiger partial charge in [-0.15, -0.1) is 0 Å². The highest BCUT2D eigenvalue weighted by Crippen LogP contribution is 2.23. The van der Waals surface area contributed by atoms with E-state index < -0.39 is 0 Å². The second kappa shape index (κ2) is 6.98. The molecule has 0 spiro atoms. The third-order valence-corrected chi connectivity index (χ3v) is 4.33. The largest absolute Gasteiger partial charge is 0.356 e. The van der Waals surface area contributed by atoms with Gasteiger partial charge in [0.1, 0.15) is 23.8 Å². The second-order valence-corrected chi connectivity index (χ2v) is 6.50. The van der Waals surface area contributed by atoms with Gasteiger partial charge in [0.25, 0.3) is 0 Å². The lowest BCUT2D eigenvalue weighted by atomic mass is 9.95. The number of nitrogens with zero attached hydrogens (tertiary/aromatic N) is 5. The van der Waals surface area contributed by atoms with Crippen LogP contribution in [-0.2, 0) is 4.79 Å². The van der Waals surface area contributed by atoms with Gasteiger partial charge in [-0.25, -0.2) is 15.0 Å². The summed E-state index contributed by atoms with van der Waals surface area (Å²) in [7, 11) is 0. The zero-order chi connectivity index (χ0) is 17.1. The lowest BCUT2D eigenvalue weighted by molar-refractivity contribution is -0.126. The van der Waals surface area contributed by atoms with Crippen molar-refractivity contribution in [3.63, 3.8) is 0 Å². The molecule has 0 aromatic carbocycles. The molecule has 7 nitrogen and oxygen atoms in total. The van der Waals surface area contributed by atoms with Gasteiger partial charge in [0, 0.05) is 43.5 Å². The van der Waals surface area contributed by atoms with Crippen LogP contribution in [0.3, 0.4) is 0 Å². The summed E-state index contributed by atoms with van der Waals surface area (Å²) in [5, 5.41) is 3.01. The molecule has 0 atom stereocenters. The van der Waals surface area contributed by atoms with E-state index in [0.29, 0.717) is 0 Å². The van der Waals surface area contributed by atoms with Gasteiger partial charge in [0.2, 0.25) is 5.91 Å². The standard InChI is InChI=1S/C17H24N6O/c1-12(2)21-17(24)14-4-7-22(8-5-14)15-10-16(20-11-19-15)23-9-6-18-13(23)3/h6,9-12,14H,4-5,7-8H2,1-3H3,(H,21,24). The van der Waals surface area contributed by atoms with Gasteiger partial charge >= 0.3 is 0 Å². The summed E-state index contributed by atoms with van der Waals surface area (Å²) in [5.41, 5.74) is 0. The molecule has 1 aliphatic rings. The fourth-order valence-electron chi connectivity index (χ4n) is 3.04. The van der Waals surface area contributed by atoms with Crippen molar-refractivity contribution in [2.45, 2.75) is 39.7 Å². The smallest absolute Gasteiger partial charge is 0.223 e. The van der Waals surface area contributed by atoms with E-state index in [2.05, 4.69) is 25.2 Å². The van der Waals surface area contributed by atoms with Crippen LogP contribution in [0, 0.1) is 12.8 Å². The Morgan fingerprint density at radius 2 is 1.92 bits per heavy atom. The van der Waals surface area contributed by atoms with E-state index in [0.717, 1.165) is 43.4 Å². The Balaban J connectivity index is 1.67. The Morgan fingerprint density at radius 1 is 1.21 bits per heavy atom. The molecule has 0 bridgehead atoms. The Kier molecular flexibility index (Phi) is 4.78. The number of nitrogens with one attached hydrogen (secondary N) is 1. The van der Waals surface area contributed by atoms with Crippen molar-refractivity contribution in [2.24, 2.45) is 5.92 Å². The summed E-state index contributed by atoms with van der Waals surface area (Å²) < 4.78 is 1.94. The maximum atomic E-state index is 12.1. The molecule has 2 aromatic rings. The molecule has 1 saturated heterocycles. The number of aryl methyl sites for hydroxylation is 1. The van der Waals surface area contributed by atoms with Crippen molar-refractivity contribution in [1.29, 1.82) is 0 Å². The zero-order valence-corrected chi connectivity index (χ0v) is 14.4. The van der Waals surface area contributed by atoms with Crippen molar-refractivity contribution in [1.82, 2.24) is 24.8 Å². The summed E-state index contributed by atoms with van der Waals surface area (Å²) >= 11 is 0. The van der Waals surface area contributed by atoms with E-state index in [1.54, 1.807) is 12.5 Å². The van der Waals surface area contributed by atoms with E-state index in [1.807, 2.05) is 37.6 Å². The number of carbonyl (C=O) groups excluding carboxylic acids is 1. The minimum Gasteiger partial charge on any atom is -0.356 e. The van der Waals surface area contributed by atoms with Gasteiger partial charge in [-0.3, -0.25) is 9.36 Å². The minimum atomic E-state index is 0.0980. The average molecular weight is 328 g/mol. The zero-order valence-electron chi connectivity index (χ0n) is 14.4. The Hall–Kier alpha value is -2.44. The fourth-order valence-corrected chi connectivity index (χ4v) is 3.04. The topological polar surface area (TPSA) is 75.9 Å². The van der Waals surface area contributed by atoms with Gasteiger partial charge in [0.15, 0.2) is 0 Å². The molecule has 1 aliphatic heterocycles. The molecule has 2 aromatic heterocycles. The average Bonchev–Trinajstić information content (AvgIpc) is 3.00. The maximum absolute atomic E-state index is 12.1. The quantitative estimate of drug-likeness (QED) is 0.925. The van der Waals surface area contributed by atoms with E-state index in [9.17, 15) is 4.79 Å². The van der Waals surface area contributed by atoms with Crippen molar-refractivity contribution in [3.8, 4) is 5.82 Å². The van der Waals surface area contributed by atoms with Crippen LogP contribution in [-0.4, -0.2) is 44.6 Å². The SMILES string of the molecule is Cc1nccn1-c1cc(N2CCC(C(=O)NC(C)C)CC2)ncn1. The monoisotopic (exact) mass is 328 g/mol. The number of amides is 1. The summed E-state index contributed by atoms with van der Waals surface area (Å²) in [4.78, 5) is 27.3. The number of aromatic nitrogens is 4. The molecule has 3 heterocycles. The van der Waals surface area contributed by atoms with Crippen LogP contribution in [0.1, 0.15) is 32.5 Å². The van der Waals surface area contributed by atoms with Gasteiger partial charge < -0.3 is 10.2 Å². The Bertz CT molecular complexity index is 703. The molecule has 1 amide bonds. The van der Waals surface area contributed by atoms with Crippen LogP contribution >= 0.6 is 0 Å². The molecule has 0 radical (unpaired) electrons. The van der Waals surface area contributed by atoms with Gasteiger partial charge in [0.05, 0.1) is 0 Å². The first-order chi connectivity index (χ1) is 11.5. The maximum Gasteiger partial charge on any atom is 0.223 e. The van der Waals surface area contributed by atoms with Crippen LogP contribution in [0.25, 0.3) is 5.82 Å². The van der Waals surface area contributed by atoms with Crippen LogP contribution < -0.4 is 10.2 Å². The molecule has 3 rings (SSSR count). The van der Waals surface area contributed by atoms with E-state index in [-0.39, 0.29) is 17.9 Å². The first-order valence-electron chi connectivity index (χ1n) is 8.42. The van der Waals surface area contributed by atoms with Gasteiger partial charge in [-0.05, 0) is 33.6 Å². The molecule has 0 saturated carbocycles. The van der Waals surface area contributed by atoms with Crippen molar-refractivity contribution >= 4 is 11.7 Å². The van der Waals surface area contributed by atoms with E-state index in [4.69, 9.17) is 0 Å². The minimum absolute atomic E-state index is 0.0980. The molecule has 0 aliphatic carbocycles. The Morgan fingerprint density at radius 3 is 2.54 bits per heavy atom. The van der Waals surface area contributed by atoms with Crippen molar-refractivity contribution in [2.75, 3.05) is 18.0 Å². The van der Waals surface area contributed by atoms with Crippen LogP contribution in [0.5, 0.6) is 0 Å². The molecule has 24 heavy (non-hydrogen) atoms. The predicted octanol–water partition coefficient (Wildman–Crippen LogP) is 1.71. The number of imidazole rings is 1. The summed E-state index contributed by atoms with van der Waals surface area (Å²) in [6.07, 6.45) is 6.94. The van der Waals surface area contributed by atoms with Crippen LogP contribution in [0.4, 0.5) is 5.82 Å². The molecular formula is C17H24N6O. The highest BCUT2D eigenvalue weighted by molar-refractivity contribution is 5.79. The number of rotatable bonds is 4. The predicted molar refractivity (Wildman–Crippen MR) is 92.1 cm³/mol. The second-order valence-electron chi connectivity index (χ2n) is 6.50. The fraction of sp³-hybridized carbons (Fsp3) is 0.529. The highest BCUT2D eigenvalue weighted by Gasteiger charge is 2.26. The Labute approximate surface area is 142 Å². The molecule has 128 valence electrons. The molecule has 1 fully saturated rings. The number of carbonyl (C=O) groups is 1. The number of hydrogen-bond acceptors (Lipinski definition) is 5. The summed E-state index contributed by atoms with van der Waals surface area (Å²) in [6.45, 7) is 7.59. The highest BCUT2D eigenvalue weighted by atomic mass is 16.1. The van der Waals surface area contributed by atoms with E-state index >= 15 is 0 Å². The van der Waals surface area contributed by atoms with E-state index in [1.165, 1.54) is 0 Å². The van der Waals surface area contributed by atoms with Crippen LogP contribution in [0.2, 0.25) is 0 Å². The summed E-state index contributed by atoms with van der Waals surface area (Å²) in [5.74, 6) is 2.87. The third-order valence-electron chi connectivity index (χ3n) is 4.33.